The van der Waals surface area contributed by atoms with Gasteiger partial charge >= 0.3 is 0 Å². The minimum Gasteiger partial charge on any atom is -0.489 e. The Morgan fingerprint density at radius 1 is 0.969 bits per heavy atom. The van der Waals surface area contributed by atoms with Crippen molar-refractivity contribution in [2.75, 3.05) is 5.32 Å². The topological polar surface area (TPSA) is 62.1 Å². The normalized spacial score (nSPS) is 11.1. The van der Waals surface area contributed by atoms with E-state index in [9.17, 15) is 10.1 Å². The Balaban J connectivity index is 1.50. The number of nitriles is 1. The molecule has 0 fully saturated rings. The van der Waals surface area contributed by atoms with Crippen LogP contribution in [0, 0.1) is 11.3 Å². The number of carbonyl (C=O) groups excluding carboxylic acids is 1. The van der Waals surface area contributed by atoms with Gasteiger partial charge < -0.3 is 10.1 Å². The van der Waals surface area contributed by atoms with Crippen molar-refractivity contribution >= 4 is 44.4 Å². The molecule has 5 heteroatoms. The van der Waals surface area contributed by atoms with Gasteiger partial charge in [-0.05, 0) is 52.9 Å². The molecule has 0 spiro atoms. The lowest BCUT2D eigenvalue weighted by molar-refractivity contribution is -0.112. The van der Waals surface area contributed by atoms with Gasteiger partial charge in [0, 0.05) is 15.5 Å². The number of halogens is 1. The summed E-state index contributed by atoms with van der Waals surface area (Å²) in [6.07, 6.45) is 1.56. The van der Waals surface area contributed by atoms with E-state index >= 15 is 0 Å². The Hall–Kier alpha value is -3.88. The van der Waals surface area contributed by atoms with E-state index in [1.807, 2.05) is 91.0 Å². The molecule has 1 amide bonds. The SMILES string of the molecule is N#C/C(=C\c1cccc(OCc2ccc(Br)cc2)c1)C(=O)Nc1cccc2ccccc12. The second-order valence-corrected chi connectivity index (χ2v) is 8.05. The van der Waals surface area contributed by atoms with Crippen LogP contribution in [0.25, 0.3) is 16.8 Å². The molecule has 0 aromatic heterocycles. The zero-order valence-electron chi connectivity index (χ0n) is 17.1. The van der Waals surface area contributed by atoms with Crippen molar-refractivity contribution in [1.29, 1.82) is 5.26 Å². The third-order valence-corrected chi connectivity index (χ3v) is 5.42. The lowest BCUT2D eigenvalue weighted by atomic mass is 10.1. The van der Waals surface area contributed by atoms with E-state index in [-0.39, 0.29) is 5.57 Å². The predicted octanol–water partition coefficient (Wildman–Crippen LogP) is 6.73. The van der Waals surface area contributed by atoms with Gasteiger partial charge in [-0.15, -0.1) is 0 Å². The standard InChI is InChI=1S/C27H19BrN2O2/c28-23-13-11-19(12-14-23)18-32-24-8-3-5-20(16-24)15-22(17-29)27(31)30-26-10-4-7-21-6-1-2-9-25(21)26/h1-16H,18H2,(H,30,31)/b22-15+. The highest BCUT2D eigenvalue weighted by molar-refractivity contribution is 9.10. The van der Waals surface area contributed by atoms with E-state index in [0.29, 0.717) is 23.6 Å². The summed E-state index contributed by atoms with van der Waals surface area (Å²) >= 11 is 3.42. The predicted molar refractivity (Wildman–Crippen MR) is 131 cm³/mol. The van der Waals surface area contributed by atoms with Gasteiger partial charge in [-0.1, -0.05) is 76.6 Å². The maximum atomic E-state index is 12.8. The molecule has 0 aliphatic rings. The van der Waals surface area contributed by atoms with E-state index in [1.165, 1.54) is 0 Å². The number of anilines is 1. The fourth-order valence-electron chi connectivity index (χ4n) is 3.28. The minimum absolute atomic E-state index is 0.0167. The lowest BCUT2D eigenvalue weighted by Crippen LogP contribution is -2.13. The molecule has 0 bridgehead atoms. The van der Waals surface area contributed by atoms with Crippen LogP contribution in [-0.4, -0.2) is 5.91 Å². The molecule has 1 N–H and O–H groups in total. The van der Waals surface area contributed by atoms with Crippen molar-refractivity contribution in [3.05, 3.63) is 112 Å². The first-order chi connectivity index (χ1) is 15.6. The molecule has 0 radical (unpaired) electrons. The maximum absolute atomic E-state index is 12.8. The molecular formula is C27H19BrN2O2. The summed E-state index contributed by atoms with van der Waals surface area (Å²) in [5.41, 5.74) is 2.44. The Labute approximate surface area is 194 Å². The van der Waals surface area contributed by atoms with Crippen molar-refractivity contribution in [2.45, 2.75) is 6.61 Å². The fraction of sp³-hybridized carbons (Fsp3) is 0.0370. The molecule has 0 aliphatic carbocycles. The summed E-state index contributed by atoms with van der Waals surface area (Å²) in [6.45, 7) is 0.424. The van der Waals surface area contributed by atoms with Crippen LogP contribution in [-0.2, 0) is 11.4 Å². The van der Waals surface area contributed by atoms with Gasteiger partial charge in [0.1, 0.15) is 24.0 Å². The van der Waals surface area contributed by atoms with Crippen LogP contribution in [0.4, 0.5) is 5.69 Å². The van der Waals surface area contributed by atoms with Gasteiger partial charge in [-0.2, -0.15) is 5.26 Å². The van der Waals surface area contributed by atoms with Crippen molar-refractivity contribution in [2.24, 2.45) is 0 Å². The number of rotatable bonds is 6. The van der Waals surface area contributed by atoms with E-state index in [1.54, 1.807) is 12.1 Å². The lowest BCUT2D eigenvalue weighted by Gasteiger charge is -2.09. The Morgan fingerprint density at radius 2 is 1.72 bits per heavy atom. The van der Waals surface area contributed by atoms with E-state index < -0.39 is 5.91 Å². The number of amides is 1. The van der Waals surface area contributed by atoms with Crippen LogP contribution in [0.2, 0.25) is 0 Å². The van der Waals surface area contributed by atoms with Crippen molar-refractivity contribution < 1.29 is 9.53 Å². The Morgan fingerprint density at radius 3 is 2.53 bits per heavy atom. The number of ether oxygens (including phenoxy) is 1. The summed E-state index contributed by atoms with van der Waals surface area (Å²) in [5.74, 6) is 0.207. The number of carbonyl (C=O) groups is 1. The fourth-order valence-corrected chi connectivity index (χ4v) is 3.55. The van der Waals surface area contributed by atoms with Crippen LogP contribution >= 0.6 is 15.9 Å². The van der Waals surface area contributed by atoms with Crippen LogP contribution < -0.4 is 10.1 Å². The molecule has 0 saturated carbocycles. The van der Waals surface area contributed by atoms with Crippen molar-refractivity contribution in [3.8, 4) is 11.8 Å². The van der Waals surface area contributed by atoms with Crippen molar-refractivity contribution in [3.63, 3.8) is 0 Å². The molecule has 0 aliphatic heterocycles. The highest BCUT2D eigenvalue weighted by Crippen LogP contribution is 2.24. The van der Waals surface area contributed by atoms with Gasteiger partial charge in [-0.3, -0.25) is 4.79 Å². The molecule has 156 valence electrons. The number of hydrogen-bond acceptors (Lipinski definition) is 3. The van der Waals surface area contributed by atoms with Crippen LogP contribution in [0.5, 0.6) is 5.75 Å². The molecule has 32 heavy (non-hydrogen) atoms. The molecule has 4 nitrogen and oxygen atoms in total. The van der Waals surface area contributed by atoms with E-state index in [4.69, 9.17) is 4.74 Å². The maximum Gasteiger partial charge on any atom is 0.266 e. The summed E-state index contributed by atoms with van der Waals surface area (Å²) in [6, 6.07) is 30.7. The van der Waals surface area contributed by atoms with Gasteiger partial charge in [-0.25, -0.2) is 0 Å². The second-order valence-electron chi connectivity index (χ2n) is 7.14. The minimum atomic E-state index is -0.454. The number of hydrogen-bond donors (Lipinski definition) is 1. The van der Waals surface area contributed by atoms with Gasteiger partial charge in [0.05, 0.1) is 0 Å². The monoisotopic (exact) mass is 482 g/mol. The molecule has 0 saturated heterocycles. The highest BCUT2D eigenvalue weighted by Gasteiger charge is 2.11. The van der Waals surface area contributed by atoms with Gasteiger partial charge in [0.15, 0.2) is 0 Å². The number of fused-ring (bicyclic) bond motifs is 1. The van der Waals surface area contributed by atoms with Crippen molar-refractivity contribution in [1.82, 2.24) is 0 Å². The molecule has 4 rings (SSSR count). The molecule has 0 unspecified atom stereocenters. The van der Waals surface area contributed by atoms with Crippen LogP contribution in [0.15, 0.2) is 101 Å². The second kappa shape index (κ2) is 9.95. The van der Waals surface area contributed by atoms with Crippen LogP contribution in [0.3, 0.4) is 0 Å². The third kappa shape index (κ3) is 5.23. The Bertz CT molecular complexity index is 1330. The highest BCUT2D eigenvalue weighted by atomic mass is 79.9. The Kier molecular flexibility index (Phi) is 6.64. The molecule has 4 aromatic rings. The molecule has 0 heterocycles. The molecular weight excluding hydrogens is 464 g/mol. The summed E-state index contributed by atoms with van der Waals surface area (Å²) in [7, 11) is 0. The van der Waals surface area contributed by atoms with E-state index in [0.717, 1.165) is 20.8 Å². The third-order valence-electron chi connectivity index (χ3n) is 4.89. The van der Waals surface area contributed by atoms with Gasteiger partial charge in [0.25, 0.3) is 5.91 Å². The molecule has 0 atom stereocenters. The smallest absolute Gasteiger partial charge is 0.266 e. The number of benzene rings is 4. The number of nitrogens with zero attached hydrogens (tertiary/aromatic N) is 1. The quantitative estimate of drug-likeness (QED) is 0.244. The largest absolute Gasteiger partial charge is 0.489 e. The summed E-state index contributed by atoms with van der Waals surface area (Å²) < 4.78 is 6.88. The first kappa shape index (κ1) is 21.4. The zero-order valence-corrected chi connectivity index (χ0v) is 18.7. The number of nitrogens with one attached hydrogen (secondary N) is 1. The van der Waals surface area contributed by atoms with E-state index in [2.05, 4.69) is 21.2 Å². The molecule has 4 aromatic carbocycles. The average molecular weight is 483 g/mol. The first-order valence-corrected chi connectivity index (χ1v) is 10.8. The first-order valence-electron chi connectivity index (χ1n) is 10.0. The zero-order chi connectivity index (χ0) is 22.3. The van der Waals surface area contributed by atoms with Crippen LogP contribution in [0.1, 0.15) is 11.1 Å². The summed E-state index contributed by atoms with van der Waals surface area (Å²) in [5, 5.41) is 14.4. The summed E-state index contributed by atoms with van der Waals surface area (Å²) in [4.78, 5) is 12.8. The average Bonchev–Trinajstić information content (AvgIpc) is 2.82. The van der Waals surface area contributed by atoms with Gasteiger partial charge in [0.2, 0.25) is 0 Å².